The Kier molecular flexibility index (Phi) is 2.76. The fourth-order valence-corrected chi connectivity index (χ4v) is 2.06. The SMILES string of the molecule is Fc1cc(C2=NOCc3ccccc32)ccc1Cl. The highest BCUT2D eigenvalue weighted by Crippen LogP contribution is 2.23. The van der Waals surface area contributed by atoms with E-state index in [0.29, 0.717) is 17.9 Å². The Morgan fingerprint density at radius 2 is 2.00 bits per heavy atom. The van der Waals surface area contributed by atoms with Crippen LogP contribution in [0.25, 0.3) is 0 Å². The molecule has 0 aromatic heterocycles. The number of hydrogen-bond acceptors (Lipinski definition) is 2. The van der Waals surface area contributed by atoms with Gasteiger partial charge in [-0.25, -0.2) is 4.39 Å². The second kappa shape index (κ2) is 4.42. The van der Waals surface area contributed by atoms with Crippen molar-refractivity contribution in [3.63, 3.8) is 0 Å². The Bertz CT molecular complexity index is 639. The van der Waals surface area contributed by atoms with Gasteiger partial charge in [-0.2, -0.15) is 0 Å². The van der Waals surface area contributed by atoms with Crippen LogP contribution < -0.4 is 0 Å². The molecule has 0 spiro atoms. The largest absolute Gasteiger partial charge is 0.390 e. The minimum Gasteiger partial charge on any atom is -0.390 e. The summed E-state index contributed by atoms with van der Waals surface area (Å²) in [6.07, 6.45) is 0. The first-order valence-electron chi connectivity index (χ1n) is 5.49. The highest BCUT2D eigenvalue weighted by atomic mass is 35.5. The van der Waals surface area contributed by atoms with E-state index >= 15 is 0 Å². The number of fused-ring (bicyclic) bond motifs is 1. The molecule has 2 nitrogen and oxygen atoms in total. The smallest absolute Gasteiger partial charge is 0.143 e. The first kappa shape index (κ1) is 11.2. The molecule has 0 aliphatic carbocycles. The molecule has 2 aromatic rings. The van der Waals surface area contributed by atoms with E-state index in [4.69, 9.17) is 16.4 Å². The van der Waals surface area contributed by atoms with Crippen LogP contribution in [0.1, 0.15) is 16.7 Å². The van der Waals surface area contributed by atoms with Crippen LogP contribution in [-0.4, -0.2) is 5.71 Å². The monoisotopic (exact) mass is 261 g/mol. The molecular formula is C14H9ClFNO. The van der Waals surface area contributed by atoms with Gasteiger partial charge in [-0.05, 0) is 12.1 Å². The molecule has 0 atom stereocenters. The van der Waals surface area contributed by atoms with Crippen molar-refractivity contribution < 1.29 is 9.23 Å². The summed E-state index contributed by atoms with van der Waals surface area (Å²) >= 11 is 5.67. The van der Waals surface area contributed by atoms with Gasteiger partial charge in [0.2, 0.25) is 0 Å². The summed E-state index contributed by atoms with van der Waals surface area (Å²) in [6.45, 7) is 0.440. The van der Waals surface area contributed by atoms with Gasteiger partial charge in [-0.15, -0.1) is 0 Å². The summed E-state index contributed by atoms with van der Waals surface area (Å²) < 4.78 is 13.5. The van der Waals surface area contributed by atoms with E-state index in [2.05, 4.69) is 5.16 Å². The molecule has 0 amide bonds. The first-order valence-corrected chi connectivity index (χ1v) is 5.87. The maximum Gasteiger partial charge on any atom is 0.143 e. The van der Waals surface area contributed by atoms with Crippen molar-refractivity contribution >= 4 is 17.3 Å². The molecule has 0 bridgehead atoms. The normalized spacial score (nSPS) is 13.6. The fourth-order valence-electron chi connectivity index (χ4n) is 1.94. The van der Waals surface area contributed by atoms with Crippen molar-refractivity contribution in [2.45, 2.75) is 6.61 Å². The van der Waals surface area contributed by atoms with Crippen LogP contribution in [-0.2, 0) is 11.4 Å². The Hall–Kier alpha value is -1.87. The molecule has 2 aromatic carbocycles. The molecule has 0 unspecified atom stereocenters. The van der Waals surface area contributed by atoms with E-state index in [1.807, 2.05) is 24.3 Å². The van der Waals surface area contributed by atoms with E-state index in [1.165, 1.54) is 12.1 Å². The molecule has 0 saturated carbocycles. The average molecular weight is 262 g/mol. The Morgan fingerprint density at radius 1 is 1.17 bits per heavy atom. The number of halogens is 2. The van der Waals surface area contributed by atoms with Gasteiger partial charge in [0, 0.05) is 16.7 Å². The van der Waals surface area contributed by atoms with E-state index in [1.54, 1.807) is 6.07 Å². The number of nitrogens with zero attached hydrogens (tertiary/aromatic N) is 1. The molecule has 3 rings (SSSR count). The van der Waals surface area contributed by atoms with Crippen molar-refractivity contribution in [3.05, 3.63) is 70.0 Å². The number of hydrogen-bond donors (Lipinski definition) is 0. The third kappa shape index (κ3) is 1.87. The second-order valence-corrected chi connectivity index (χ2v) is 4.41. The van der Waals surface area contributed by atoms with Crippen LogP contribution in [0.2, 0.25) is 5.02 Å². The maximum atomic E-state index is 13.5. The lowest BCUT2D eigenvalue weighted by molar-refractivity contribution is 0.126. The lowest BCUT2D eigenvalue weighted by atomic mass is 9.97. The predicted molar refractivity (Wildman–Crippen MR) is 68.3 cm³/mol. The second-order valence-electron chi connectivity index (χ2n) is 4.00. The Balaban J connectivity index is 2.12. The lowest BCUT2D eigenvalue weighted by Crippen LogP contribution is -2.13. The van der Waals surface area contributed by atoms with E-state index in [9.17, 15) is 4.39 Å². The topological polar surface area (TPSA) is 21.6 Å². The van der Waals surface area contributed by atoms with Crippen molar-refractivity contribution in [2.75, 3.05) is 0 Å². The summed E-state index contributed by atoms with van der Waals surface area (Å²) in [5, 5.41) is 4.12. The molecule has 90 valence electrons. The summed E-state index contributed by atoms with van der Waals surface area (Å²) in [4.78, 5) is 5.17. The van der Waals surface area contributed by atoms with Gasteiger partial charge in [0.1, 0.15) is 18.1 Å². The van der Waals surface area contributed by atoms with Gasteiger partial charge in [0.15, 0.2) is 0 Å². The molecule has 1 heterocycles. The lowest BCUT2D eigenvalue weighted by Gasteiger charge is -2.16. The molecule has 18 heavy (non-hydrogen) atoms. The van der Waals surface area contributed by atoms with Crippen LogP contribution in [0.5, 0.6) is 0 Å². The zero-order chi connectivity index (χ0) is 12.5. The van der Waals surface area contributed by atoms with Crippen LogP contribution in [0.3, 0.4) is 0 Å². The highest BCUT2D eigenvalue weighted by molar-refractivity contribution is 6.31. The zero-order valence-corrected chi connectivity index (χ0v) is 10.1. The summed E-state index contributed by atoms with van der Waals surface area (Å²) in [5.41, 5.74) is 3.29. The number of rotatable bonds is 1. The van der Waals surface area contributed by atoms with Crippen molar-refractivity contribution in [1.29, 1.82) is 0 Å². The summed E-state index contributed by atoms with van der Waals surface area (Å²) in [6, 6.07) is 12.4. The predicted octanol–water partition coefficient (Wildman–Crippen LogP) is 3.76. The van der Waals surface area contributed by atoms with Crippen LogP contribution in [0.15, 0.2) is 47.6 Å². The highest BCUT2D eigenvalue weighted by Gasteiger charge is 2.17. The van der Waals surface area contributed by atoms with Gasteiger partial charge in [-0.3, -0.25) is 0 Å². The standard InChI is InChI=1S/C14H9ClFNO/c15-12-6-5-9(7-13(12)16)14-11-4-2-1-3-10(11)8-18-17-14/h1-7H,8H2. The minimum absolute atomic E-state index is 0.101. The third-order valence-electron chi connectivity index (χ3n) is 2.84. The molecular weight excluding hydrogens is 253 g/mol. The van der Waals surface area contributed by atoms with E-state index in [0.717, 1.165) is 11.1 Å². The summed E-state index contributed by atoms with van der Waals surface area (Å²) in [5.74, 6) is -0.458. The van der Waals surface area contributed by atoms with E-state index < -0.39 is 5.82 Å². The first-order chi connectivity index (χ1) is 8.75. The maximum absolute atomic E-state index is 13.5. The minimum atomic E-state index is -0.458. The quantitative estimate of drug-likeness (QED) is 0.766. The Labute approximate surface area is 109 Å². The molecule has 4 heteroatoms. The van der Waals surface area contributed by atoms with Crippen LogP contribution in [0, 0.1) is 5.82 Å². The van der Waals surface area contributed by atoms with Crippen LogP contribution in [0.4, 0.5) is 4.39 Å². The third-order valence-corrected chi connectivity index (χ3v) is 3.15. The average Bonchev–Trinajstić information content (AvgIpc) is 2.41. The summed E-state index contributed by atoms with van der Waals surface area (Å²) in [7, 11) is 0. The fraction of sp³-hybridized carbons (Fsp3) is 0.0714. The van der Waals surface area contributed by atoms with Gasteiger partial charge < -0.3 is 4.84 Å². The van der Waals surface area contributed by atoms with Crippen LogP contribution >= 0.6 is 11.6 Å². The van der Waals surface area contributed by atoms with Crippen molar-refractivity contribution in [1.82, 2.24) is 0 Å². The molecule has 0 fully saturated rings. The van der Waals surface area contributed by atoms with Gasteiger partial charge >= 0.3 is 0 Å². The van der Waals surface area contributed by atoms with Crippen molar-refractivity contribution in [3.8, 4) is 0 Å². The Morgan fingerprint density at radius 3 is 2.83 bits per heavy atom. The van der Waals surface area contributed by atoms with Gasteiger partial charge in [-0.1, -0.05) is 47.1 Å². The molecule has 0 N–H and O–H groups in total. The molecule has 1 aliphatic rings. The zero-order valence-electron chi connectivity index (χ0n) is 9.36. The molecule has 1 aliphatic heterocycles. The van der Waals surface area contributed by atoms with Crippen molar-refractivity contribution in [2.24, 2.45) is 5.16 Å². The molecule has 0 saturated heterocycles. The molecule has 0 radical (unpaired) electrons. The number of benzene rings is 2. The van der Waals surface area contributed by atoms with Gasteiger partial charge in [0.05, 0.1) is 5.02 Å². The van der Waals surface area contributed by atoms with E-state index in [-0.39, 0.29) is 5.02 Å². The van der Waals surface area contributed by atoms with Gasteiger partial charge in [0.25, 0.3) is 0 Å². The number of oxime groups is 1.